The molecule has 0 bridgehead atoms. The Labute approximate surface area is 160 Å². The van der Waals surface area contributed by atoms with E-state index in [9.17, 15) is 4.79 Å². The fourth-order valence-electron chi connectivity index (χ4n) is 2.95. The van der Waals surface area contributed by atoms with E-state index in [2.05, 4.69) is 26.8 Å². The Balaban J connectivity index is 2.00. The maximum absolute atomic E-state index is 12.6. The number of rotatable bonds is 1. The molecule has 0 fully saturated rings. The molecule has 25 heavy (non-hydrogen) atoms. The molecule has 4 nitrogen and oxygen atoms in total. The molecule has 2 aromatic rings. The van der Waals surface area contributed by atoms with Gasteiger partial charge in [-0.15, -0.1) is 0 Å². The topological polar surface area (TPSA) is 33.9 Å². The fourth-order valence-corrected chi connectivity index (χ4v) is 4.53. The van der Waals surface area contributed by atoms with Crippen molar-refractivity contribution in [1.29, 1.82) is 0 Å². The number of hydrogen-bond acceptors (Lipinski definition) is 3. The van der Waals surface area contributed by atoms with Crippen molar-refractivity contribution in [2.75, 3.05) is 6.54 Å². The summed E-state index contributed by atoms with van der Waals surface area (Å²) in [5, 5.41) is 0.660. The highest BCUT2D eigenvalue weighted by Crippen LogP contribution is 2.43. The standard InChI is InChI=1S/C19H19BrN2O2S/c1-19(2,3)24-18(23)22-10-14(12-7-5-6-8-15(12)20)13-9-17(21-4)25-16(13)11-22/h5-9,14H,10-11H2,1-3H3. The monoisotopic (exact) mass is 418 g/mol. The molecular formula is C19H19BrN2O2S. The first-order chi connectivity index (χ1) is 11.8. The second-order valence-corrected chi connectivity index (χ2v) is 8.98. The van der Waals surface area contributed by atoms with Crippen LogP contribution in [0.3, 0.4) is 0 Å². The van der Waals surface area contributed by atoms with Crippen molar-refractivity contribution in [3.63, 3.8) is 0 Å². The zero-order valence-corrected chi connectivity index (χ0v) is 16.8. The molecule has 1 aromatic carbocycles. The van der Waals surface area contributed by atoms with Gasteiger partial charge in [-0.1, -0.05) is 34.1 Å². The number of fused-ring (bicyclic) bond motifs is 1. The number of benzene rings is 1. The quantitative estimate of drug-likeness (QED) is 0.536. The van der Waals surface area contributed by atoms with Crippen LogP contribution in [0.2, 0.25) is 0 Å². The number of ether oxygens (including phenoxy) is 1. The van der Waals surface area contributed by atoms with Gasteiger partial charge in [0.25, 0.3) is 0 Å². The van der Waals surface area contributed by atoms with E-state index < -0.39 is 5.60 Å². The van der Waals surface area contributed by atoms with Crippen LogP contribution in [0, 0.1) is 6.57 Å². The maximum Gasteiger partial charge on any atom is 0.410 e. The van der Waals surface area contributed by atoms with Crippen molar-refractivity contribution < 1.29 is 9.53 Å². The molecule has 0 saturated heterocycles. The Bertz CT molecular complexity index is 848. The molecule has 1 aromatic heterocycles. The number of carbonyl (C=O) groups is 1. The Kier molecular flexibility index (Phi) is 4.90. The molecule has 1 atom stereocenters. The van der Waals surface area contributed by atoms with Gasteiger partial charge in [-0.05, 0) is 44.0 Å². The summed E-state index contributed by atoms with van der Waals surface area (Å²) in [7, 11) is 0. The molecule has 0 N–H and O–H groups in total. The minimum Gasteiger partial charge on any atom is -0.444 e. The SMILES string of the molecule is [C-]#[N+]c1cc2c(s1)CN(C(=O)OC(C)(C)C)CC2c1ccccc1Br. The fraction of sp³-hybridized carbons (Fsp3) is 0.368. The zero-order chi connectivity index (χ0) is 18.2. The van der Waals surface area contributed by atoms with Crippen molar-refractivity contribution >= 4 is 38.4 Å². The molecule has 0 spiro atoms. The first kappa shape index (κ1) is 18.0. The number of nitrogens with zero attached hydrogens (tertiary/aromatic N) is 2. The number of thiophene rings is 1. The molecule has 6 heteroatoms. The van der Waals surface area contributed by atoms with E-state index in [-0.39, 0.29) is 12.0 Å². The Hall–Kier alpha value is -1.84. The average molecular weight is 419 g/mol. The summed E-state index contributed by atoms with van der Waals surface area (Å²) >= 11 is 5.08. The number of halogens is 1. The van der Waals surface area contributed by atoms with Gasteiger partial charge in [0, 0.05) is 21.8 Å². The van der Waals surface area contributed by atoms with Crippen LogP contribution in [-0.4, -0.2) is 23.1 Å². The Morgan fingerprint density at radius 1 is 1.36 bits per heavy atom. The van der Waals surface area contributed by atoms with Crippen LogP contribution in [0.4, 0.5) is 9.80 Å². The summed E-state index contributed by atoms with van der Waals surface area (Å²) in [4.78, 5) is 19.0. The molecule has 130 valence electrons. The van der Waals surface area contributed by atoms with Gasteiger partial charge in [0.2, 0.25) is 5.00 Å². The summed E-state index contributed by atoms with van der Waals surface area (Å²) in [5.41, 5.74) is 1.73. The minimum absolute atomic E-state index is 0.0265. The van der Waals surface area contributed by atoms with E-state index in [1.807, 2.05) is 45.0 Å². The van der Waals surface area contributed by atoms with Crippen LogP contribution in [0.25, 0.3) is 4.85 Å². The van der Waals surface area contributed by atoms with Crippen molar-refractivity contribution in [3.05, 3.63) is 62.2 Å². The highest BCUT2D eigenvalue weighted by molar-refractivity contribution is 9.10. The largest absolute Gasteiger partial charge is 0.444 e. The number of carbonyl (C=O) groups excluding carboxylic acids is 1. The average Bonchev–Trinajstić information content (AvgIpc) is 2.96. The third-order valence-corrected chi connectivity index (χ3v) is 5.74. The maximum atomic E-state index is 12.6. The third-order valence-electron chi connectivity index (χ3n) is 3.98. The van der Waals surface area contributed by atoms with Crippen LogP contribution in [0.1, 0.15) is 42.7 Å². The minimum atomic E-state index is -0.530. The van der Waals surface area contributed by atoms with Gasteiger partial charge in [-0.25, -0.2) is 9.64 Å². The first-order valence-corrected chi connectivity index (χ1v) is 9.62. The van der Waals surface area contributed by atoms with E-state index in [0.717, 1.165) is 20.5 Å². The van der Waals surface area contributed by atoms with Gasteiger partial charge < -0.3 is 9.64 Å². The van der Waals surface area contributed by atoms with E-state index in [4.69, 9.17) is 11.3 Å². The van der Waals surface area contributed by atoms with E-state index >= 15 is 0 Å². The summed E-state index contributed by atoms with van der Waals surface area (Å²) in [6.45, 7) is 13.9. The Morgan fingerprint density at radius 3 is 2.72 bits per heavy atom. The molecule has 1 amide bonds. The second-order valence-electron chi connectivity index (χ2n) is 7.01. The van der Waals surface area contributed by atoms with E-state index in [1.165, 1.54) is 11.3 Å². The highest BCUT2D eigenvalue weighted by Gasteiger charge is 2.33. The highest BCUT2D eigenvalue weighted by atomic mass is 79.9. The lowest BCUT2D eigenvalue weighted by atomic mass is 9.88. The lowest BCUT2D eigenvalue weighted by Crippen LogP contribution is -2.41. The lowest BCUT2D eigenvalue weighted by molar-refractivity contribution is 0.0216. The molecule has 1 unspecified atom stereocenters. The van der Waals surface area contributed by atoms with Gasteiger partial charge >= 0.3 is 6.09 Å². The van der Waals surface area contributed by atoms with Crippen molar-refractivity contribution in [3.8, 4) is 0 Å². The Morgan fingerprint density at radius 2 is 2.08 bits per heavy atom. The van der Waals surface area contributed by atoms with Gasteiger partial charge in [-0.3, -0.25) is 0 Å². The molecule has 3 rings (SSSR count). The normalized spacial score (nSPS) is 16.9. The molecule has 0 radical (unpaired) electrons. The molecule has 1 aliphatic rings. The molecular weight excluding hydrogens is 400 g/mol. The molecule has 2 heterocycles. The third kappa shape index (κ3) is 3.88. The van der Waals surface area contributed by atoms with Crippen LogP contribution < -0.4 is 0 Å². The number of hydrogen-bond donors (Lipinski definition) is 0. The van der Waals surface area contributed by atoms with Crippen molar-refractivity contribution in [2.45, 2.75) is 38.8 Å². The number of amides is 1. The molecule has 0 aliphatic carbocycles. The van der Waals surface area contributed by atoms with Crippen molar-refractivity contribution in [1.82, 2.24) is 4.90 Å². The van der Waals surface area contributed by atoms with Gasteiger partial charge in [-0.2, -0.15) is 11.3 Å². The van der Waals surface area contributed by atoms with Crippen LogP contribution in [0.5, 0.6) is 0 Å². The lowest BCUT2D eigenvalue weighted by Gasteiger charge is -2.35. The summed E-state index contributed by atoms with van der Waals surface area (Å²) in [6, 6.07) is 9.99. The molecule has 1 aliphatic heterocycles. The summed E-state index contributed by atoms with van der Waals surface area (Å²) in [5.74, 6) is 0.0265. The predicted octanol–water partition coefficient (Wildman–Crippen LogP) is 5.94. The smallest absolute Gasteiger partial charge is 0.410 e. The molecule has 0 saturated carbocycles. The van der Waals surface area contributed by atoms with Gasteiger partial charge in [0.15, 0.2) is 0 Å². The second kappa shape index (κ2) is 6.81. The van der Waals surface area contributed by atoms with Crippen LogP contribution in [0.15, 0.2) is 34.8 Å². The zero-order valence-electron chi connectivity index (χ0n) is 14.4. The predicted molar refractivity (Wildman–Crippen MR) is 103 cm³/mol. The summed E-state index contributed by atoms with van der Waals surface area (Å²) in [6.07, 6.45) is -0.312. The van der Waals surface area contributed by atoms with Crippen LogP contribution >= 0.6 is 27.3 Å². The van der Waals surface area contributed by atoms with E-state index in [0.29, 0.717) is 18.1 Å². The van der Waals surface area contributed by atoms with E-state index in [1.54, 1.807) is 4.90 Å². The first-order valence-electron chi connectivity index (χ1n) is 8.01. The summed E-state index contributed by atoms with van der Waals surface area (Å²) < 4.78 is 6.57. The van der Waals surface area contributed by atoms with Crippen LogP contribution in [-0.2, 0) is 11.3 Å². The van der Waals surface area contributed by atoms with Gasteiger partial charge in [0.05, 0.1) is 13.1 Å². The van der Waals surface area contributed by atoms with Crippen molar-refractivity contribution in [2.24, 2.45) is 0 Å². The van der Waals surface area contributed by atoms with Gasteiger partial charge in [0.1, 0.15) is 5.60 Å².